The van der Waals surface area contributed by atoms with Crippen LogP contribution in [0.1, 0.15) is 6.42 Å². The molecule has 1 aliphatic rings. The van der Waals surface area contributed by atoms with E-state index >= 15 is 0 Å². The number of halogens is 2. The molecule has 6 nitrogen and oxygen atoms in total. The van der Waals surface area contributed by atoms with Gasteiger partial charge < -0.3 is 15.4 Å². The zero-order valence-electron chi connectivity index (χ0n) is 14.2. The van der Waals surface area contributed by atoms with Gasteiger partial charge in [-0.2, -0.15) is 0 Å². The smallest absolute Gasteiger partial charge is 0.240 e. The van der Waals surface area contributed by atoms with Gasteiger partial charge in [0, 0.05) is 6.42 Å². The number of amides is 2. The van der Waals surface area contributed by atoms with Crippen molar-refractivity contribution in [2.45, 2.75) is 11.7 Å². The van der Waals surface area contributed by atoms with Crippen molar-refractivity contribution in [2.75, 3.05) is 12.4 Å². The second kappa shape index (κ2) is 8.41. The number of amidine groups is 1. The molecule has 1 heterocycles. The van der Waals surface area contributed by atoms with Crippen LogP contribution in [0.15, 0.2) is 47.5 Å². The Bertz CT molecular complexity index is 922. The van der Waals surface area contributed by atoms with Crippen molar-refractivity contribution in [1.82, 2.24) is 5.32 Å². The number of aliphatic imine (C=N–C) groups is 1. The average Bonchev–Trinajstić information content (AvgIpc) is 2.97. The molecule has 27 heavy (non-hydrogen) atoms. The first-order valence-electron chi connectivity index (χ1n) is 7.90. The average molecular weight is 408 g/mol. The summed E-state index contributed by atoms with van der Waals surface area (Å²) in [4.78, 5) is 28.6. The number of carbonyl (C=O) groups excluding carboxylic acids is 2. The fourth-order valence-electron chi connectivity index (χ4n) is 2.38. The number of hydrogen-bond acceptors (Lipinski definition) is 5. The summed E-state index contributed by atoms with van der Waals surface area (Å²) in [6.07, 6.45) is -0.0300. The van der Waals surface area contributed by atoms with Crippen molar-refractivity contribution in [3.63, 3.8) is 0 Å². The molecule has 2 amide bonds. The third-order valence-electron chi connectivity index (χ3n) is 3.66. The number of nitrogens with one attached hydrogen (secondary N) is 2. The second-order valence-corrected chi connectivity index (χ2v) is 7.16. The van der Waals surface area contributed by atoms with Crippen LogP contribution in [0, 0.1) is 5.82 Å². The van der Waals surface area contributed by atoms with Gasteiger partial charge in [-0.1, -0.05) is 35.5 Å². The number of benzene rings is 2. The lowest BCUT2D eigenvalue weighted by Crippen LogP contribution is -2.28. The van der Waals surface area contributed by atoms with Gasteiger partial charge in [0.05, 0.1) is 23.5 Å². The maximum atomic E-state index is 13.2. The van der Waals surface area contributed by atoms with Crippen molar-refractivity contribution in [1.29, 1.82) is 0 Å². The maximum Gasteiger partial charge on any atom is 0.240 e. The molecule has 9 heteroatoms. The van der Waals surface area contributed by atoms with Crippen LogP contribution in [0.4, 0.5) is 15.8 Å². The van der Waals surface area contributed by atoms with E-state index in [2.05, 4.69) is 15.6 Å². The van der Waals surface area contributed by atoms with Gasteiger partial charge in [0.2, 0.25) is 11.8 Å². The van der Waals surface area contributed by atoms with E-state index in [0.717, 1.165) is 11.8 Å². The number of hydrogen-bond donors (Lipinski definition) is 2. The van der Waals surface area contributed by atoms with Gasteiger partial charge in [-0.05, 0) is 30.3 Å². The van der Waals surface area contributed by atoms with Crippen LogP contribution in [-0.4, -0.2) is 29.3 Å². The van der Waals surface area contributed by atoms with Crippen LogP contribution in [0.2, 0.25) is 5.02 Å². The molecular formula is C18H15ClFN3O3S. The standard InChI is InChI=1S/C18H15ClFN3O3S/c1-26-14-5-3-2-4-13(14)22-16(24)9-15-17(25)23-18(27-15)21-10-6-7-12(20)11(19)8-10/h2-8,15H,9H2,1H3,(H,22,24)(H,21,23,25)/t15-/m1/s1. The lowest BCUT2D eigenvalue weighted by Gasteiger charge is -2.10. The first kappa shape index (κ1) is 19.2. The number of carbonyl (C=O) groups is 2. The summed E-state index contributed by atoms with van der Waals surface area (Å²) in [6.45, 7) is 0. The number of rotatable bonds is 5. The molecule has 140 valence electrons. The molecule has 0 bridgehead atoms. The van der Waals surface area contributed by atoms with Crippen LogP contribution < -0.4 is 15.4 Å². The third kappa shape index (κ3) is 4.78. The highest BCUT2D eigenvalue weighted by molar-refractivity contribution is 8.15. The normalized spacial score (nSPS) is 17.7. The van der Waals surface area contributed by atoms with E-state index in [-0.39, 0.29) is 23.3 Å². The number of ether oxygens (including phenoxy) is 1. The van der Waals surface area contributed by atoms with Crippen molar-refractivity contribution in [3.05, 3.63) is 53.3 Å². The molecule has 0 radical (unpaired) electrons. The van der Waals surface area contributed by atoms with Crippen LogP contribution >= 0.6 is 23.4 Å². The summed E-state index contributed by atoms with van der Waals surface area (Å²) in [5.41, 5.74) is 0.937. The fraction of sp³-hybridized carbons (Fsp3) is 0.167. The van der Waals surface area contributed by atoms with Crippen LogP contribution in [-0.2, 0) is 9.59 Å². The fourth-order valence-corrected chi connectivity index (χ4v) is 3.54. The molecule has 0 saturated carbocycles. The van der Waals surface area contributed by atoms with Gasteiger partial charge in [-0.3, -0.25) is 9.59 Å². The number of methoxy groups -OCH3 is 1. The maximum absolute atomic E-state index is 13.2. The van der Waals surface area contributed by atoms with E-state index in [4.69, 9.17) is 16.3 Å². The van der Waals surface area contributed by atoms with E-state index in [0.29, 0.717) is 22.3 Å². The van der Waals surface area contributed by atoms with Crippen molar-refractivity contribution < 1.29 is 18.7 Å². The molecule has 1 fully saturated rings. The van der Waals surface area contributed by atoms with Crippen molar-refractivity contribution in [2.24, 2.45) is 4.99 Å². The predicted molar refractivity (Wildman–Crippen MR) is 104 cm³/mol. The molecule has 2 aromatic carbocycles. The molecule has 1 atom stereocenters. The minimum Gasteiger partial charge on any atom is -0.495 e. The number of para-hydroxylation sites is 2. The molecule has 1 aliphatic heterocycles. The minimum atomic E-state index is -0.616. The van der Waals surface area contributed by atoms with Crippen LogP contribution in [0.3, 0.4) is 0 Å². The van der Waals surface area contributed by atoms with Gasteiger partial charge in [0.1, 0.15) is 16.8 Å². The van der Waals surface area contributed by atoms with Gasteiger partial charge >= 0.3 is 0 Å². The summed E-state index contributed by atoms with van der Waals surface area (Å²) in [5, 5.41) is 5.00. The Kier molecular flexibility index (Phi) is 5.98. The van der Waals surface area contributed by atoms with Gasteiger partial charge in [-0.15, -0.1) is 0 Å². The number of nitrogens with zero attached hydrogens (tertiary/aromatic N) is 1. The highest BCUT2D eigenvalue weighted by Gasteiger charge is 2.32. The minimum absolute atomic E-state index is 0.0300. The molecule has 2 N–H and O–H groups in total. The summed E-state index contributed by atoms with van der Waals surface area (Å²) < 4.78 is 18.4. The summed E-state index contributed by atoms with van der Waals surface area (Å²) in [7, 11) is 1.51. The van der Waals surface area contributed by atoms with Crippen molar-refractivity contribution >= 4 is 51.7 Å². The Balaban J connectivity index is 1.64. The first-order valence-corrected chi connectivity index (χ1v) is 9.16. The Hall–Kier alpha value is -2.58. The highest BCUT2D eigenvalue weighted by Crippen LogP contribution is 2.28. The van der Waals surface area contributed by atoms with Gasteiger partial charge in [-0.25, -0.2) is 9.38 Å². The molecular weight excluding hydrogens is 393 g/mol. The zero-order chi connectivity index (χ0) is 19.4. The predicted octanol–water partition coefficient (Wildman–Crippen LogP) is 3.74. The van der Waals surface area contributed by atoms with E-state index in [1.165, 1.54) is 25.3 Å². The highest BCUT2D eigenvalue weighted by atomic mass is 35.5. The summed E-state index contributed by atoms with van der Waals surface area (Å²) >= 11 is 6.86. The van der Waals surface area contributed by atoms with E-state index in [1.807, 2.05) is 0 Å². The van der Waals surface area contributed by atoms with E-state index in [9.17, 15) is 14.0 Å². The topological polar surface area (TPSA) is 79.8 Å². The number of thioether (sulfide) groups is 1. The Morgan fingerprint density at radius 1 is 1.37 bits per heavy atom. The molecule has 0 unspecified atom stereocenters. The SMILES string of the molecule is COc1ccccc1NC(=O)C[C@H]1SC(=Nc2ccc(F)c(Cl)c2)NC1=O. The molecule has 0 spiro atoms. The Morgan fingerprint density at radius 2 is 2.15 bits per heavy atom. The second-order valence-electron chi connectivity index (χ2n) is 5.56. The lowest BCUT2D eigenvalue weighted by atomic mass is 10.2. The lowest BCUT2D eigenvalue weighted by molar-refractivity contribution is -0.122. The molecule has 0 aliphatic carbocycles. The third-order valence-corrected chi connectivity index (χ3v) is 5.03. The largest absolute Gasteiger partial charge is 0.495 e. The summed E-state index contributed by atoms with van der Waals surface area (Å²) in [5.74, 6) is -0.653. The Labute approximate surface area is 164 Å². The van der Waals surface area contributed by atoms with E-state index in [1.54, 1.807) is 24.3 Å². The van der Waals surface area contributed by atoms with Gasteiger partial charge in [0.25, 0.3) is 0 Å². The molecule has 2 aromatic rings. The molecule has 3 rings (SSSR count). The molecule has 0 aromatic heterocycles. The van der Waals surface area contributed by atoms with Crippen LogP contribution in [0.25, 0.3) is 0 Å². The monoisotopic (exact) mass is 407 g/mol. The molecule has 1 saturated heterocycles. The first-order chi connectivity index (χ1) is 13.0. The quantitative estimate of drug-likeness (QED) is 0.791. The van der Waals surface area contributed by atoms with Gasteiger partial charge in [0.15, 0.2) is 5.17 Å². The summed E-state index contributed by atoms with van der Waals surface area (Å²) in [6, 6.07) is 11.0. The van der Waals surface area contributed by atoms with E-state index < -0.39 is 11.1 Å². The number of anilines is 1. The van der Waals surface area contributed by atoms with Crippen molar-refractivity contribution in [3.8, 4) is 5.75 Å². The van der Waals surface area contributed by atoms with Crippen LogP contribution in [0.5, 0.6) is 5.75 Å². The Morgan fingerprint density at radius 3 is 2.89 bits per heavy atom. The zero-order valence-corrected chi connectivity index (χ0v) is 15.7.